The van der Waals surface area contributed by atoms with Gasteiger partial charge in [0, 0.05) is 18.3 Å². The van der Waals surface area contributed by atoms with E-state index in [1.807, 2.05) is 0 Å². The number of aryl methyl sites for hydroxylation is 1. The number of nitrogens with one attached hydrogen (secondary N) is 2. The number of carboxylic acids is 1. The zero-order valence-electron chi connectivity index (χ0n) is 11.1. The van der Waals surface area contributed by atoms with E-state index >= 15 is 0 Å². The van der Waals surface area contributed by atoms with Gasteiger partial charge in [0.1, 0.15) is 0 Å². The van der Waals surface area contributed by atoms with Crippen LogP contribution >= 0.6 is 11.6 Å². The van der Waals surface area contributed by atoms with Crippen LogP contribution in [0, 0.1) is 0 Å². The number of urea groups is 1. The zero-order valence-corrected chi connectivity index (χ0v) is 11.9. The Morgan fingerprint density at radius 1 is 1.38 bits per heavy atom. The SMILES string of the molecule is Cn1nccc1CNC(=O)Nc1ccc(Cl)cc1C(=O)O. The normalized spacial score (nSPS) is 10.2. The van der Waals surface area contributed by atoms with Gasteiger partial charge in [0.25, 0.3) is 0 Å². The minimum atomic E-state index is -1.17. The van der Waals surface area contributed by atoms with E-state index < -0.39 is 12.0 Å². The standard InChI is InChI=1S/C13H13ClN4O3/c1-18-9(4-5-16-18)7-15-13(21)17-11-3-2-8(14)6-10(11)12(19)20/h2-6H,7H2,1H3,(H,19,20)(H2,15,17,21). The lowest BCUT2D eigenvalue weighted by Crippen LogP contribution is -2.29. The molecule has 0 spiro atoms. The molecule has 1 aromatic heterocycles. The number of rotatable bonds is 4. The highest BCUT2D eigenvalue weighted by Gasteiger charge is 2.13. The number of amides is 2. The van der Waals surface area contributed by atoms with Gasteiger partial charge in [-0.05, 0) is 24.3 Å². The highest BCUT2D eigenvalue weighted by molar-refractivity contribution is 6.31. The molecule has 21 heavy (non-hydrogen) atoms. The van der Waals surface area contributed by atoms with Crippen molar-refractivity contribution in [3.8, 4) is 0 Å². The summed E-state index contributed by atoms with van der Waals surface area (Å²) in [7, 11) is 1.76. The highest BCUT2D eigenvalue weighted by Crippen LogP contribution is 2.20. The van der Waals surface area contributed by atoms with Crippen molar-refractivity contribution in [2.45, 2.75) is 6.54 Å². The van der Waals surface area contributed by atoms with Crippen LogP contribution in [0.5, 0.6) is 0 Å². The van der Waals surface area contributed by atoms with E-state index in [0.717, 1.165) is 5.69 Å². The Kier molecular flexibility index (Phi) is 4.44. The molecule has 2 amide bonds. The van der Waals surface area contributed by atoms with E-state index in [0.29, 0.717) is 0 Å². The van der Waals surface area contributed by atoms with Crippen molar-refractivity contribution >= 4 is 29.3 Å². The number of carbonyl (C=O) groups is 2. The van der Waals surface area contributed by atoms with Gasteiger partial charge in [0.05, 0.1) is 23.5 Å². The van der Waals surface area contributed by atoms with Crippen molar-refractivity contribution in [3.05, 3.63) is 46.7 Å². The van der Waals surface area contributed by atoms with Gasteiger partial charge in [-0.25, -0.2) is 9.59 Å². The van der Waals surface area contributed by atoms with Crippen molar-refractivity contribution in [1.82, 2.24) is 15.1 Å². The number of carboxylic acid groups (broad SMARTS) is 1. The van der Waals surface area contributed by atoms with Crippen molar-refractivity contribution in [2.75, 3.05) is 5.32 Å². The molecular formula is C13H13ClN4O3. The third-order valence-electron chi connectivity index (χ3n) is 2.81. The molecule has 1 aromatic carbocycles. The van der Waals surface area contributed by atoms with E-state index in [1.165, 1.54) is 18.2 Å². The number of aromatic carboxylic acids is 1. The number of anilines is 1. The molecule has 0 saturated heterocycles. The molecule has 2 aromatic rings. The minimum Gasteiger partial charge on any atom is -0.478 e. The Morgan fingerprint density at radius 2 is 2.14 bits per heavy atom. The summed E-state index contributed by atoms with van der Waals surface area (Å²) in [6.07, 6.45) is 1.62. The maximum atomic E-state index is 11.8. The Morgan fingerprint density at radius 3 is 2.76 bits per heavy atom. The number of aromatic nitrogens is 2. The molecule has 0 unspecified atom stereocenters. The lowest BCUT2D eigenvalue weighted by molar-refractivity contribution is 0.0698. The second-order valence-electron chi connectivity index (χ2n) is 4.25. The first kappa shape index (κ1) is 14.9. The fourth-order valence-corrected chi connectivity index (χ4v) is 1.89. The largest absolute Gasteiger partial charge is 0.478 e. The van der Waals surface area contributed by atoms with Crippen LogP contribution < -0.4 is 10.6 Å². The van der Waals surface area contributed by atoms with Gasteiger partial charge in [-0.1, -0.05) is 11.6 Å². The van der Waals surface area contributed by atoms with Crippen LogP contribution in [-0.4, -0.2) is 26.9 Å². The van der Waals surface area contributed by atoms with E-state index in [1.54, 1.807) is 24.0 Å². The fraction of sp³-hybridized carbons (Fsp3) is 0.154. The summed E-state index contributed by atoms with van der Waals surface area (Å²) in [6, 6.07) is 5.48. The number of hydrogen-bond acceptors (Lipinski definition) is 3. The summed E-state index contributed by atoms with van der Waals surface area (Å²) >= 11 is 5.74. The smallest absolute Gasteiger partial charge is 0.337 e. The van der Waals surface area contributed by atoms with E-state index in [4.69, 9.17) is 16.7 Å². The average Bonchev–Trinajstić information content (AvgIpc) is 2.84. The first-order valence-electron chi connectivity index (χ1n) is 6.02. The number of halogens is 1. The third-order valence-corrected chi connectivity index (χ3v) is 3.05. The molecule has 0 aliphatic heterocycles. The van der Waals surface area contributed by atoms with Gasteiger partial charge in [0.2, 0.25) is 0 Å². The van der Waals surface area contributed by atoms with Crippen LogP contribution in [0.1, 0.15) is 16.1 Å². The van der Waals surface area contributed by atoms with E-state index in [9.17, 15) is 9.59 Å². The molecular weight excluding hydrogens is 296 g/mol. The van der Waals surface area contributed by atoms with Gasteiger partial charge < -0.3 is 15.7 Å². The van der Waals surface area contributed by atoms with E-state index in [-0.39, 0.29) is 22.8 Å². The topological polar surface area (TPSA) is 96.3 Å². The molecule has 3 N–H and O–H groups in total. The second-order valence-corrected chi connectivity index (χ2v) is 4.69. The van der Waals surface area contributed by atoms with Crippen molar-refractivity contribution in [2.24, 2.45) is 7.05 Å². The molecule has 0 radical (unpaired) electrons. The predicted octanol–water partition coefficient (Wildman–Crippen LogP) is 2.09. The fourth-order valence-electron chi connectivity index (χ4n) is 1.71. The molecule has 0 fully saturated rings. The van der Waals surface area contributed by atoms with Crippen molar-refractivity contribution < 1.29 is 14.7 Å². The molecule has 0 bridgehead atoms. The molecule has 7 nitrogen and oxygen atoms in total. The van der Waals surface area contributed by atoms with Crippen LogP contribution in [0.15, 0.2) is 30.5 Å². The molecule has 2 rings (SSSR count). The highest BCUT2D eigenvalue weighted by atomic mass is 35.5. The Balaban J connectivity index is 2.03. The molecule has 1 heterocycles. The van der Waals surface area contributed by atoms with Crippen LogP contribution in [0.4, 0.5) is 10.5 Å². The molecule has 0 saturated carbocycles. The molecule has 0 aliphatic rings. The third kappa shape index (κ3) is 3.73. The summed E-state index contributed by atoms with van der Waals surface area (Å²) < 4.78 is 1.63. The minimum absolute atomic E-state index is 0.0711. The number of hydrogen-bond donors (Lipinski definition) is 3. The number of carbonyl (C=O) groups excluding carboxylic acids is 1. The van der Waals surface area contributed by atoms with Gasteiger partial charge >= 0.3 is 12.0 Å². The summed E-state index contributed by atoms with van der Waals surface area (Å²) in [5.74, 6) is -1.17. The molecule has 0 aliphatic carbocycles. The van der Waals surface area contributed by atoms with Crippen LogP contribution in [0.3, 0.4) is 0 Å². The number of benzene rings is 1. The summed E-state index contributed by atoms with van der Waals surface area (Å²) in [6.45, 7) is 0.276. The lowest BCUT2D eigenvalue weighted by atomic mass is 10.2. The Labute approximate surface area is 125 Å². The van der Waals surface area contributed by atoms with E-state index in [2.05, 4.69) is 15.7 Å². The quantitative estimate of drug-likeness (QED) is 0.805. The average molecular weight is 309 g/mol. The lowest BCUT2D eigenvalue weighted by Gasteiger charge is -2.10. The van der Waals surface area contributed by atoms with Crippen LogP contribution in [0.2, 0.25) is 5.02 Å². The first-order chi connectivity index (χ1) is 9.97. The maximum absolute atomic E-state index is 11.8. The van der Waals surface area contributed by atoms with Gasteiger partial charge in [-0.2, -0.15) is 5.10 Å². The predicted molar refractivity (Wildman–Crippen MR) is 77.5 cm³/mol. The molecule has 110 valence electrons. The second kappa shape index (κ2) is 6.27. The Hall–Kier alpha value is -2.54. The van der Waals surface area contributed by atoms with Gasteiger partial charge in [-0.15, -0.1) is 0 Å². The van der Waals surface area contributed by atoms with Crippen LogP contribution in [-0.2, 0) is 13.6 Å². The zero-order chi connectivity index (χ0) is 15.4. The van der Waals surface area contributed by atoms with Crippen molar-refractivity contribution in [3.63, 3.8) is 0 Å². The Bertz CT molecular complexity index is 684. The van der Waals surface area contributed by atoms with Gasteiger partial charge in [-0.3, -0.25) is 4.68 Å². The summed E-state index contributed by atoms with van der Waals surface area (Å²) in [5.41, 5.74) is 0.923. The molecule has 8 heteroatoms. The first-order valence-corrected chi connectivity index (χ1v) is 6.39. The van der Waals surface area contributed by atoms with Crippen molar-refractivity contribution in [1.29, 1.82) is 0 Å². The molecule has 0 atom stereocenters. The van der Waals surface area contributed by atoms with Crippen LogP contribution in [0.25, 0.3) is 0 Å². The van der Waals surface area contributed by atoms with Gasteiger partial charge in [0.15, 0.2) is 0 Å². The maximum Gasteiger partial charge on any atom is 0.337 e. The number of nitrogens with zero attached hydrogens (tertiary/aromatic N) is 2. The summed E-state index contributed by atoms with van der Waals surface area (Å²) in [4.78, 5) is 22.9. The summed E-state index contributed by atoms with van der Waals surface area (Å²) in [5, 5.41) is 18.4. The monoisotopic (exact) mass is 308 g/mol.